The van der Waals surface area contributed by atoms with Crippen LogP contribution in [-0.2, 0) is 11.3 Å². The highest BCUT2D eigenvalue weighted by Gasteiger charge is 2.23. The summed E-state index contributed by atoms with van der Waals surface area (Å²) in [5.41, 5.74) is 3.21. The van der Waals surface area contributed by atoms with Crippen LogP contribution in [0.25, 0.3) is 11.1 Å². The Morgan fingerprint density at radius 3 is 2.65 bits per heavy atom. The SMILES string of the molecule is COC(=O)N1CCN(Cc2nc3c(NC(=O)Nc4ccc(C)nc4)cccc3o2)CC1. The molecule has 0 saturated carbocycles. The average molecular weight is 424 g/mol. The second kappa shape index (κ2) is 9.00. The standard InChI is InChI=1S/C21H24N6O4/c1-14-6-7-15(12-22-14)23-20(28)24-16-4-3-5-17-19(16)25-18(31-17)13-26-8-10-27(11-9-26)21(29)30-2/h3-7,12H,8-11,13H2,1-2H3,(H2,23,24,28). The fourth-order valence-electron chi connectivity index (χ4n) is 3.40. The number of methoxy groups -OCH3 is 1. The molecule has 162 valence electrons. The number of pyridine rings is 1. The topological polar surface area (TPSA) is 113 Å². The number of carbonyl (C=O) groups excluding carboxylic acids is 2. The van der Waals surface area contributed by atoms with Crippen LogP contribution in [0.15, 0.2) is 40.9 Å². The number of fused-ring (bicyclic) bond motifs is 1. The van der Waals surface area contributed by atoms with Crippen molar-refractivity contribution in [3.63, 3.8) is 0 Å². The number of urea groups is 1. The Bertz CT molecular complexity index is 1070. The zero-order valence-electron chi connectivity index (χ0n) is 17.4. The molecule has 2 aromatic heterocycles. The molecule has 10 nitrogen and oxygen atoms in total. The summed E-state index contributed by atoms with van der Waals surface area (Å²) >= 11 is 0. The van der Waals surface area contributed by atoms with E-state index in [0.29, 0.717) is 61.1 Å². The molecule has 3 aromatic rings. The highest BCUT2D eigenvalue weighted by Crippen LogP contribution is 2.25. The van der Waals surface area contributed by atoms with Gasteiger partial charge < -0.3 is 24.7 Å². The van der Waals surface area contributed by atoms with Crippen LogP contribution in [0.5, 0.6) is 0 Å². The smallest absolute Gasteiger partial charge is 0.409 e. The Kier molecular flexibility index (Phi) is 5.99. The molecule has 1 saturated heterocycles. The zero-order valence-corrected chi connectivity index (χ0v) is 17.4. The molecule has 3 amide bonds. The monoisotopic (exact) mass is 424 g/mol. The minimum absolute atomic E-state index is 0.308. The van der Waals surface area contributed by atoms with Crippen LogP contribution in [0, 0.1) is 6.92 Å². The number of aryl methyl sites for hydroxylation is 1. The van der Waals surface area contributed by atoms with Crippen molar-refractivity contribution in [3.8, 4) is 0 Å². The van der Waals surface area contributed by atoms with Gasteiger partial charge >= 0.3 is 12.1 Å². The third-order valence-corrected chi connectivity index (χ3v) is 5.04. The summed E-state index contributed by atoms with van der Waals surface area (Å²) in [4.78, 5) is 36.6. The summed E-state index contributed by atoms with van der Waals surface area (Å²) in [6.45, 7) is 4.98. The molecule has 10 heteroatoms. The Labute approximate surface area is 179 Å². The maximum absolute atomic E-state index is 12.4. The number of carbonyl (C=O) groups is 2. The number of nitrogens with one attached hydrogen (secondary N) is 2. The first-order chi connectivity index (χ1) is 15.0. The lowest BCUT2D eigenvalue weighted by Gasteiger charge is -2.32. The average Bonchev–Trinajstić information content (AvgIpc) is 3.19. The van der Waals surface area contributed by atoms with Crippen molar-refractivity contribution in [2.24, 2.45) is 0 Å². The van der Waals surface area contributed by atoms with Gasteiger partial charge in [-0.15, -0.1) is 0 Å². The van der Waals surface area contributed by atoms with Crippen molar-refractivity contribution in [3.05, 3.63) is 48.1 Å². The molecule has 1 fully saturated rings. The molecule has 0 atom stereocenters. The predicted octanol–water partition coefficient (Wildman–Crippen LogP) is 3.06. The van der Waals surface area contributed by atoms with E-state index in [1.165, 1.54) is 7.11 Å². The van der Waals surface area contributed by atoms with E-state index >= 15 is 0 Å². The molecular weight excluding hydrogens is 400 g/mol. The highest BCUT2D eigenvalue weighted by atomic mass is 16.5. The Balaban J connectivity index is 1.40. The van der Waals surface area contributed by atoms with Gasteiger partial charge in [-0.1, -0.05) is 6.07 Å². The highest BCUT2D eigenvalue weighted by molar-refractivity contribution is 6.04. The third-order valence-electron chi connectivity index (χ3n) is 5.04. The van der Waals surface area contributed by atoms with Crippen molar-refractivity contribution in [2.75, 3.05) is 43.9 Å². The maximum Gasteiger partial charge on any atom is 0.409 e. The normalized spacial score (nSPS) is 14.5. The third kappa shape index (κ3) is 4.92. The second-order valence-corrected chi connectivity index (χ2v) is 7.26. The van der Waals surface area contributed by atoms with E-state index in [1.807, 2.05) is 19.1 Å². The Morgan fingerprint density at radius 1 is 1.13 bits per heavy atom. The van der Waals surface area contributed by atoms with E-state index in [0.717, 1.165) is 5.69 Å². The number of amides is 3. The summed E-state index contributed by atoms with van der Waals surface area (Å²) < 4.78 is 10.6. The van der Waals surface area contributed by atoms with Gasteiger partial charge in [0.1, 0.15) is 5.52 Å². The number of para-hydroxylation sites is 1. The summed E-state index contributed by atoms with van der Waals surface area (Å²) in [6, 6.07) is 8.61. The van der Waals surface area contributed by atoms with Gasteiger partial charge in [-0.3, -0.25) is 9.88 Å². The lowest BCUT2D eigenvalue weighted by atomic mass is 10.3. The van der Waals surface area contributed by atoms with Crippen LogP contribution < -0.4 is 10.6 Å². The van der Waals surface area contributed by atoms with Gasteiger partial charge in [0, 0.05) is 31.9 Å². The molecule has 0 bridgehead atoms. The lowest BCUT2D eigenvalue weighted by molar-refractivity contribution is 0.0862. The molecule has 1 aliphatic rings. The molecule has 0 radical (unpaired) electrons. The fourth-order valence-corrected chi connectivity index (χ4v) is 3.40. The number of oxazole rings is 1. The number of hydrogen-bond donors (Lipinski definition) is 2. The van der Waals surface area contributed by atoms with Crippen molar-refractivity contribution in [1.29, 1.82) is 0 Å². The zero-order chi connectivity index (χ0) is 21.8. The van der Waals surface area contributed by atoms with Crippen molar-refractivity contribution >= 4 is 34.6 Å². The van der Waals surface area contributed by atoms with E-state index in [1.54, 1.807) is 29.3 Å². The molecule has 4 rings (SSSR count). The molecule has 31 heavy (non-hydrogen) atoms. The summed E-state index contributed by atoms with van der Waals surface area (Å²) in [5, 5.41) is 5.57. The van der Waals surface area contributed by atoms with Crippen molar-refractivity contribution < 1.29 is 18.7 Å². The summed E-state index contributed by atoms with van der Waals surface area (Å²) in [6.07, 6.45) is 1.29. The van der Waals surface area contributed by atoms with Crippen molar-refractivity contribution in [1.82, 2.24) is 19.8 Å². The fraction of sp³-hybridized carbons (Fsp3) is 0.333. The van der Waals surface area contributed by atoms with Crippen LogP contribution in [0.3, 0.4) is 0 Å². The van der Waals surface area contributed by atoms with Crippen LogP contribution >= 0.6 is 0 Å². The molecular formula is C21H24N6O4. The molecule has 1 aliphatic heterocycles. The number of rotatable bonds is 4. The molecule has 0 unspecified atom stereocenters. The van der Waals surface area contributed by atoms with Crippen LogP contribution in [-0.4, -0.2) is 65.2 Å². The number of ether oxygens (including phenoxy) is 1. The number of aromatic nitrogens is 2. The minimum atomic E-state index is -0.387. The molecule has 0 spiro atoms. The second-order valence-electron chi connectivity index (χ2n) is 7.26. The van der Waals surface area contributed by atoms with Gasteiger partial charge in [0.15, 0.2) is 5.58 Å². The van der Waals surface area contributed by atoms with Crippen LogP contribution in [0.4, 0.5) is 21.0 Å². The van der Waals surface area contributed by atoms with Crippen LogP contribution in [0.2, 0.25) is 0 Å². The minimum Gasteiger partial charge on any atom is -0.453 e. The first-order valence-corrected chi connectivity index (χ1v) is 9.96. The predicted molar refractivity (Wildman–Crippen MR) is 115 cm³/mol. The van der Waals surface area contributed by atoms with Gasteiger partial charge in [-0.05, 0) is 31.2 Å². The first-order valence-electron chi connectivity index (χ1n) is 9.96. The number of piperazine rings is 1. The van der Waals surface area contributed by atoms with Crippen LogP contribution in [0.1, 0.15) is 11.6 Å². The van der Waals surface area contributed by atoms with E-state index in [2.05, 4.69) is 25.5 Å². The number of hydrogen-bond acceptors (Lipinski definition) is 7. The number of benzene rings is 1. The van der Waals surface area contributed by atoms with Gasteiger partial charge in [0.25, 0.3) is 0 Å². The van der Waals surface area contributed by atoms with E-state index in [4.69, 9.17) is 9.15 Å². The summed E-state index contributed by atoms with van der Waals surface area (Å²) in [7, 11) is 1.39. The quantitative estimate of drug-likeness (QED) is 0.662. The molecule has 1 aromatic carbocycles. The number of nitrogens with zero attached hydrogens (tertiary/aromatic N) is 4. The van der Waals surface area contributed by atoms with Crippen molar-refractivity contribution in [2.45, 2.75) is 13.5 Å². The van der Waals surface area contributed by atoms with Gasteiger partial charge in [-0.25, -0.2) is 14.6 Å². The summed E-state index contributed by atoms with van der Waals surface area (Å²) in [5.74, 6) is 0.555. The first kappa shape index (κ1) is 20.6. The van der Waals surface area contributed by atoms with Gasteiger partial charge in [0.05, 0.1) is 31.2 Å². The Morgan fingerprint density at radius 2 is 1.94 bits per heavy atom. The molecule has 3 heterocycles. The maximum atomic E-state index is 12.4. The molecule has 2 N–H and O–H groups in total. The van der Waals surface area contributed by atoms with Gasteiger partial charge in [0.2, 0.25) is 5.89 Å². The Hall–Kier alpha value is -3.66. The number of anilines is 2. The lowest BCUT2D eigenvalue weighted by Crippen LogP contribution is -2.48. The largest absolute Gasteiger partial charge is 0.453 e. The van der Waals surface area contributed by atoms with E-state index < -0.39 is 0 Å². The van der Waals surface area contributed by atoms with E-state index in [9.17, 15) is 9.59 Å². The molecule has 0 aliphatic carbocycles. The van der Waals surface area contributed by atoms with Gasteiger partial charge in [-0.2, -0.15) is 0 Å². The van der Waals surface area contributed by atoms with E-state index in [-0.39, 0.29) is 12.1 Å².